The highest BCUT2D eigenvalue weighted by atomic mass is 35.5. The highest BCUT2D eigenvalue weighted by Gasteiger charge is 2.38. The molecule has 3 aromatic rings. The molecule has 4 rings (SSSR count). The summed E-state index contributed by atoms with van der Waals surface area (Å²) in [7, 11) is 0. The summed E-state index contributed by atoms with van der Waals surface area (Å²) in [6.07, 6.45) is -0.0362. The number of aryl methyl sites for hydroxylation is 1. The zero-order chi connectivity index (χ0) is 25.3. The van der Waals surface area contributed by atoms with Crippen LogP contribution >= 0.6 is 11.6 Å². The minimum Gasteiger partial charge on any atom is -0.480 e. The number of carbonyl (C=O) groups is 4. The van der Waals surface area contributed by atoms with Crippen molar-refractivity contribution >= 4 is 41.0 Å². The lowest BCUT2D eigenvalue weighted by molar-refractivity contribution is -0.139. The van der Waals surface area contributed by atoms with E-state index < -0.39 is 29.7 Å². The highest BCUT2D eigenvalue weighted by Crippen LogP contribution is 2.30. The van der Waals surface area contributed by atoms with Crippen LogP contribution in [0.15, 0.2) is 60.7 Å². The first-order valence-electron chi connectivity index (χ1n) is 10.5. The summed E-state index contributed by atoms with van der Waals surface area (Å²) in [6, 6.07) is 16.3. The summed E-state index contributed by atoms with van der Waals surface area (Å²) >= 11 is 6.12. The van der Waals surface area contributed by atoms with Crippen LogP contribution in [0, 0.1) is 18.3 Å². The number of anilines is 1. The fourth-order valence-electron chi connectivity index (χ4n) is 3.98. The van der Waals surface area contributed by atoms with Crippen LogP contribution < -0.4 is 10.2 Å². The van der Waals surface area contributed by atoms with E-state index in [2.05, 4.69) is 5.32 Å². The number of amides is 3. The van der Waals surface area contributed by atoms with Crippen molar-refractivity contribution in [2.24, 2.45) is 0 Å². The molecule has 0 spiro atoms. The maximum absolute atomic E-state index is 12.9. The number of rotatable bonds is 6. The molecular formula is C26H18ClN3O5. The molecule has 0 fully saturated rings. The Bertz CT molecular complexity index is 1410. The molecule has 1 aliphatic rings. The summed E-state index contributed by atoms with van der Waals surface area (Å²) in [5.74, 6) is -2.96. The first-order valence-corrected chi connectivity index (χ1v) is 10.9. The van der Waals surface area contributed by atoms with Crippen molar-refractivity contribution in [3.8, 4) is 6.07 Å². The number of hydrogen-bond donors (Lipinski definition) is 2. The number of aliphatic carboxylic acids is 1. The van der Waals surface area contributed by atoms with Crippen LogP contribution in [0.2, 0.25) is 5.02 Å². The van der Waals surface area contributed by atoms with Gasteiger partial charge in [0.2, 0.25) is 0 Å². The van der Waals surface area contributed by atoms with E-state index in [0.29, 0.717) is 11.1 Å². The number of nitrogens with one attached hydrogen (secondary N) is 1. The molecule has 0 radical (unpaired) electrons. The van der Waals surface area contributed by atoms with Gasteiger partial charge in [-0.05, 0) is 48.4 Å². The number of imide groups is 1. The number of benzene rings is 3. The fourth-order valence-corrected chi connectivity index (χ4v) is 4.29. The third-order valence-corrected chi connectivity index (χ3v) is 6.04. The lowest BCUT2D eigenvalue weighted by atomic mass is 10.0. The third-order valence-electron chi connectivity index (χ3n) is 5.72. The van der Waals surface area contributed by atoms with Gasteiger partial charge in [0.15, 0.2) is 0 Å². The van der Waals surface area contributed by atoms with Gasteiger partial charge in [0.05, 0.1) is 39.0 Å². The minimum absolute atomic E-state index is 0.0362. The zero-order valence-corrected chi connectivity index (χ0v) is 19.2. The van der Waals surface area contributed by atoms with Gasteiger partial charge in [-0.25, -0.2) is 9.69 Å². The standard InChI is InChI=1S/C26H18ClN3O5/c1-14-4-2-7-19(27)21(14)23(31)29-20(26(34)35)12-15-8-10-17(11-9-15)30-24(32)18-6-3-5-16(13-28)22(18)25(30)33/h2-11,20H,12H2,1H3,(H,29,31)(H,34,35)/t20-/m0/s1. The average molecular weight is 488 g/mol. The molecule has 3 amide bonds. The smallest absolute Gasteiger partial charge is 0.326 e. The Morgan fingerprint density at radius 2 is 1.74 bits per heavy atom. The molecule has 0 bridgehead atoms. The van der Waals surface area contributed by atoms with Gasteiger partial charge in [-0.2, -0.15) is 5.26 Å². The molecule has 1 aliphatic heterocycles. The lowest BCUT2D eigenvalue weighted by Gasteiger charge is -2.18. The van der Waals surface area contributed by atoms with E-state index in [1.165, 1.54) is 24.3 Å². The fraction of sp³-hybridized carbons (Fsp3) is 0.115. The van der Waals surface area contributed by atoms with Crippen molar-refractivity contribution in [2.75, 3.05) is 4.90 Å². The largest absolute Gasteiger partial charge is 0.480 e. The maximum Gasteiger partial charge on any atom is 0.326 e. The molecule has 2 N–H and O–H groups in total. The molecule has 3 aromatic carbocycles. The Morgan fingerprint density at radius 3 is 2.37 bits per heavy atom. The van der Waals surface area contributed by atoms with Gasteiger partial charge in [0.1, 0.15) is 6.04 Å². The van der Waals surface area contributed by atoms with E-state index in [0.717, 1.165) is 4.90 Å². The zero-order valence-electron chi connectivity index (χ0n) is 18.4. The second-order valence-electron chi connectivity index (χ2n) is 7.95. The minimum atomic E-state index is -1.23. The molecule has 1 heterocycles. The normalized spacial score (nSPS) is 13.2. The van der Waals surface area contributed by atoms with Crippen LogP contribution in [0.25, 0.3) is 0 Å². The predicted molar refractivity (Wildman–Crippen MR) is 128 cm³/mol. The van der Waals surface area contributed by atoms with E-state index >= 15 is 0 Å². The first kappa shape index (κ1) is 23.7. The van der Waals surface area contributed by atoms with Gasteiger partial charge in [-0.3, -0.25) is 14.4 Å². The molecule has 174 valence electrons. The molecule has 0 saturated heterocycles. The van der Waals surface area contributed by atoms with Crippen molar-refractivity contribution in [3.05, 3.63) is 99.1 Å². The lowest BCUT2D eigenvalue weighted by Crippen LogP contribution is -2.42. The van der Waals surface area contributed by atoms with Crippen LogP contribution in [0.5, 0.6) is 0 Å². The second-order valence-corrected chi connectivity index (χ2v) is 8.36. The molecular weight excluding hydrogens is 470 g/mol. The SMILES string of the molecule is Cc1cccc(Cl)c1C(=O)N[C@@H](Cc1ccc(N2C(=O)c3cccc(C#N)c3C2=O)cc1)C(=O)O. The number of nitriles is 1. The quantitative estimate of drug-likeness (QED) is 0.510. The van der Waals surface area contributed by atoms with Crippen LogP contribution in [0.3, 0.4) is 0 Å². The van der Waals surface area contributed by atoms with Gasteiger partial charge in [-0.1, -0.05) is 41.9 Å². The Labute approximate surface area is 205 Å². The molecule has 0 unspecified atom stereocenters. The molecule has 1 atom stereocenters. The molecule has 0 aliphatic carbocycles. The summed E-state index contributed by atoms with van der Waals surface area (Å²) in [5.41, 5.74) is 2.00. The molecule has 0 saturated carbocycles. The van der Waals surface area contributed by atoms with Crippen molar-refractivity contribution in [2.45, 2.75) is 19.4 Å². The molecule has 35 heavy (non-hydrogen) atoms. The molecule has 8 nitrogen and oxygen atoms in total. The molecule has 9 heteroatoms. The summed E-state index contributed by atoms with van der Waals surface area (Å²) in [6.45, 7) is 1.70. The van der Waals surface area contributed by atoms with E-state index in [1.807, 2.05) is 6.07 Å². The van der Waals surface area contributed by atoms with Gasteiger partial charge in [0, 0.05) is 6.42 Å². The summed E-state index contributed by atoms with van der Waals surface area (Å²) < 4.78 is 0. The van der Waals surface area contributed by atoms with Crippen LogP contribution in [0.1, 0.15) is 47.8 Å². The predicted octanol–water partition coefficient (Wildman–Crippen LogP) is 3.75. The molecule has 0 aromatic heterocycles. The van der Waals surface area contributed by atoms with E-state index in [4.69, 9.17) is 11.6 Å². The van der Waals surface area contributed by atoms with E-state index in [1.54, 1.807) is 43.3 Å². The van der Waals surface area contributed by atoms with Gasteiger partial charge in [0.25, 0.3) is 17.7 Å². The number of fused-ring (bicyclic) bond motifs is 1. The Morgan fingerprint density at radius 1 is 1.06 bits per heavy atom. The number of nitrogens with zero attached hydrogens (tertiary/aromatic N) is 2. The van der Waals surface area contributed by atoms with Crippen molar-refractivity contribution in [1.82, 2.24) is 5.32 Å². The number of carbonyl (C=O) groups excluding carboxylic acids is 3. The second kappa shape index (κ2) is 9.41. The summed E-state index contributed by atoms with van der Waals surface area (Å²) in [4.78, 5) is 51.2. The maximum atomic E-state index is 12.9. The number of carboxylic acid groups (broad SMARTS) is 1. The number of halogens is 1. The van der Waals surface area contributed by atoms with Crippen LogP contribution in [-0.4, -0.2) is 34.8 Å². The Hall–Kier alpha value is -4.48. The van der Waals surface area contributed by atoms with E-state index in [-0.39, 0.29) is 39.4 Å². The monoisotopic (exact) mass is 487 g/mol. The van der Waals surface area contributed by atoms with Gasteiger partial charge in [-0.15, -0.1) is 0 Å². The average Bonchev–Trinajstić information content (AvgIpc) is 3.09. The third kappa shape index (κ3) is 4.37. The van der Waals surface area contributed by atoms with Crippen molar-refractivity contribution in [3.63, 3.8) is 0 Å². The van der Waals surface area contributed by atoms with Crippen molar-refractivity contribution in [1.29, 1.82) is 5.26 Å². The summed E-state index contributed by atoms with van der Waals surface area (Å²) in [5, 5.41) is 21.6. The highest BCUT2D eigenvalue weighted by molar-refractivity contribution is 6.35. The van der Waals surface area contributed by atoms with Gasteiger partial charge >= 0.3 is 5.97 Å². The number of hydrogen-bond acceptors (Lipinski definition) is 5. The topological polar surface area (TPSA) is 128 Å². The van der Waals surface area contributed by atoms with Gasteiger partial charge < -0.3 is 10.4 Å². The Kier molecular flexibility index (Phi) is 6.36. The van der Waals surface area contributed by atoms with Crippen LogP contribution in [-0.2, 0) is 11.2 Å². The van der Waals surface area contributed by atoms with Crippen molar-refractivity contribution < 1.29 is 24.3 Å². The van der Waals surface area contributed by atoms with Crippen LogP contribution in [0.4, 0.5) is 5.69 Å². The first-order chi connectivity index (χ1) is 16.7. The van der Waals surface area contributed by atoms with E-state index in [9.17, 15) is 29.5 Å². The Balaban J connectivity index is 1.53. The number of carboxylic acids is 1.